The Balaban J connectivity index is 3.47. The molecule has 2 atom stereocenters. The van der Waals surface area contributed by atoms with Gasteiger partial charge in [-0.05, 0) is 89.9 Å². The Morgan fingerprint density at radius 1 is 0.406 bits per heavy atom. The number of amides is 1. The first-order valence-electron chi connectivity index (χ1n) is 30.1. The minimum absolute atomic E-state index is 0.00761. The second kappa shape index (κ2) is 58.1. The van der Waals surface area contributed by atoms with Crippen LogP contribution in [-0.4, -0.2) is 47.4 Å². The van der Waals surface area contributed by atoms with Crippen LogP contribution >= 0.6 is 0 Å². The van der Waals surface area contributed by atoms with E-state index in [0.29, 0.717) is 19.4 Å². The highest BCUT2D eigenvalue weighted by molar-refractivity contribution is 5.76. The highest BCUT2D eigenvalue weighted by Gasteiger charge is 2.18. The molecule has 2 unspecified atom stereocenters. The molecule has 6 nitrogen and oxygen atoms in total. The molecule has 0 aromatic heterocycles. The molecule has 3 N–H and O–H groups in total. The number of carbonyl (C=O) groups is 2. The fraction of sp³-hybridized carbons (Fsp3) is 0.810. The van der Waals surface area contributed by atoms with Crippen molar-refractivity contribution in [2.75, 3.05) is 13.2 Å². The van der Waals surface area contributed by atoms with Gasteiger partial charge >= 0.3 is 5.97 Å². The van der Waals surface area contributed by atoms with E-state index in [4.69, 9.17) is 4.74 Å². The van der Waals surface area contributed by atoms with Gasteiger partial charge in [0.25, 0.3) is 0 Å². The van der Waals surface area contributed by atoms with E-state index < -0.39 is 12.1 Å². The highest BCUT2D eigenvalue weighted by Crippen LogP contribution is 2.16. The van der Waals surface area contributed by atoms with Gasteiger partial charge in [-0.25, -0.2) is 0 Å². The Morgan fingerprint density at radius 2 is 0.754 bits per heavy atom. The quantitative estimate of drug-likeness (QED) is 0.0321. The van der Waals surface area contributed by atoms with Gasteiger partial charge in [-0.2, -0.15) is 0 Å². The van der Waals surface area contributed by atoms with E-state index in [1.165, 1.54) is 218 Å². The van der Waals surface area contributed by atoms with Crippen molar-refractivity contribution in [3.63, 3.8) is 0 Å². The molecule has 0 aromatic rings. The van der Waals surface area contributed by atoms with Gasteiger partial charge in [-0.1, -0.05) is 261 Å². The second-order valence-corrected chi connectivity index (χ2v) is 20.3. The van der Waals surface area contributed by atoms with Gasteiger partial charge in [-0.3, -0.25) is 9.59 Å². The fourth-order valence-corrected chi connectivity index (χ4v) is 8.88. The molecule has 1 amide bonds. The van der Waals surface area contributed by atoms with Crippen LogP contribution in [0.2, 0.25) is 0 Å². The lowest BCUT2D eigenvalue weighted by Gasteiger charge is -2.20. The maximum absolute atomic E-state index is 12.4. The third-order valence-corrected chi connectivity index (χ3v) is 13.5. The van der Waals surface area contributed by atoms with Crippen molar-refractivity contribution in [1.29, 1.82) is 0 Å². The summed E-state index contributed by atoms with van der Waals surface area (Å²) >= 11 is 0. The molecule has 0 spiro atoms. The number of unbranched alkanes of at least 4 members (excludes halogenated alkanes) is 36. The Hall–Kier alpha value is -2.44. The van der Waals surface area contributed by atoms with Crippen LogP contribution in [0.5, 0.6) is 0 Å². The Bertz CT molecular complexity index is 1210. The van der Waals surface area contributed by atoms with Crippen LogP contribution in [-0.2, 0) is 14.3 Å². The molecule has 0 aliphatic heterocycles. The monoisotopic (exact) mass is 966 g/mol. The van der Waals surface area contributed by atoms with E-state index in [-0.39, 0.29) is 18.5 Å². The molecular formula is C63H115NO5. The van der Waals surface area contributed by atoms with Crippen molar-refractivity contribution in [1.82, 2.24) is 5.32 Å². The summed E-state index contributed by atoms with van der Waals surface area (Å²) in [4.78, 5) is 24.5. The summed E-state index contributed by atoms with van der Waals surface area (Å²) < 4.78 is 5.46. The molecule has 0 aliphatic rings. The summed E-state index contributed by atoms with van der Waals surface area (Å²) in [6.45, 7) is 4.82. The maximum Gasteiger partial charge on any atom is 0.305 e. The van der Waals surface area contributed by atoms with E-state index in [9.17, 15) is 19.8 Å². The third kappa shape index (κ3) is 54.7. The van der Waals surface area contributed by atoms with Crippen molar-refractivity contribution in [2.24, 2.45) is 0 Å². The van der Waals surface area contributed by atoms with Gasteiger partial charge in [0.05, 0.1) is 25.4 Å². The molecule has 0 fully saturated rings. The highest BCUT2D eigenvalue weighted by atomic mass is 16.5. The Kier molecular flexibility index (Phi) is 56.1. The van der Waals surface area contributed by atoms with Gasteiger partial charge in [0.1, 0.15) is 0 Å². The number of nitrogens with one attached hydrogen (secondary N) is 1. The van der Waals surface area contributed by atoms with Crippen LogP contribution in [0.4, 0.5) is 0 Å². The second-order valence-electron chi connectivity index (χ2n) is 20.3. The molecule has 0 bridgehead atoms. The zero-order chi connectivity index (χ0) is 50.0. The third-order valence-electron chi connectivity index (χ3n) is 13.5. The van der Waals surface area contributed by atoms with Crippen molar-refractivity contribution in [3.8, 4) is 0 Å². The lowest BCUT2D eigenvalue weighted by atomic mass is 10.0. The smallest absolute Gasteiger partial charge is 0.305 e. The predicted octanol–water partition coefficient (Wildman–Crippen LogP) is 18.7. The van der Waals surface area contributed by atoms with Crippen LogP contribution in [0.3, 0.4) is 0 Å². The molecule has 69 heavy (non-hydrogen) atoms. The molecule has 0 heterocycles. The first-order chi connectivity index (χ1) is 34.0. The molecule has 0 saturated carbocycles. The number of aliphatic hydroxyl groups excluding tert-OH is 2. The molecule has 0 radical (unpaired) electrons. The van der Waals surface area contributed by atoms with Gasteiger partial charge in [0.2, 0.25) is 5.91 Å². The van der Waals surface area contributed by atoms with Crippen LogP contribution in [0, 0.1) is 0 Å². The summed E-state index contributed by atoms with van der Waals surface area (Å²) in [5.41, 5.74) is 0. The van der Waals surface area contributed by atoms with E-state index in [0.717, 1.165) is 57.8 Å². The summed E-state index contributed by atoms with van der Waals surface area (Å²) in [7, 11) is 0. The number of rotatable bonds is 55. The average molecular weight is 967 g/mol. The van der Waals surface area contributed by atoms with E-state index >= 15 is 0 Å². The van der Waals surface area contributed by atoms with Gasteiger partial charge < -0.3 is 20.3 Å². The maximum atomic E-state index is 12.4. The van der Waals surface area contributed by atoms with E-state index in [2.05, 4.69) is 67.8 Å². The van der Waals surface area contributed by atoms with E-state index in [1.54, 1.807) is 6.08 Å². The summed E-state index contributed by atoms with van der Waals surface area (Å²) in [5, 5.41) is 23.1. The topological polar surface area (TPSA) is 95.9 Å². The summed E-state index contributed by atoms with van der Waals surface area (Å²) in [6.07, 6.45) is 75.4. The normalized spacial score (nSPS) is 13.0. The summed E-state index contributed by atoms with van der Waals surface area (Å²) in [5.74, 6) is -0.0824. The number of carbonyl (C=O) groups excluding carboxylic acids is 2. The Morgan fingerprint density at radius 3 is 1.16 bits per heavy atom. The number of aliphatic hydroxyl groups is 2. The molecule has 0 rings (SSSR count). The lowest BCUT2D eigenvalue weighted by Crippen LogP contribution is -2.45. The minimum atomic E-state index is -0.849. The number of hydrogen-bond donors (Lipinski definition) is 3. The van der Waals surface area contributed by atoms with Crippen LogP contribution in [0.25, 0.3) is 0 Å². The molecule has 0 aliphatic carbocycles. The SMILES string of the molecule is CCC/C=C\C/C=C\CCCCCCCC(=O)OCCCCCCCCCCC/C=C\C/C=C\CCCCCCCCCCCC(=O)NC(CO)C(O)/C=C/CCCCCCCCCCCCCC. The molecule has 6 heteroatoms. The van der Waals surface area contributed by atoms with Crippen molar-refractivity contribution < 1.29 is 24.5 Å². The fourth-order valence-electron chi connectivity index (χ4n) is 8.88. The first kappa shape index (κ1) is 66.6. The number of allylic oxidation sites excluding steroid dienone is 9. The number of esters is 1. The Labute approximate surface area is 428 Å². The standard InChI is InChI=1S/C63H115NO5/c1-3-5-7-9-11-13-15-17-32-35-39-43-47-51-55-61(66)60(59-65)64-62(67)56-52-48-44-40-36-33-29-27-25-23-21-19-18-20-22-24-26-28-30-34-38-42-46-50-54-58-69-63(68)57-53-49-45-41-37-31-16-14-12-10-8-6-4-2/h8,10,14,16,19-22,51,55,60-61,65-66H,3-7,9,11-13,15,17-18,23-50,52-54,56-59H2,1-2H3,(H,64,67)/b10-8-,16-14-,21-19-,22-20-,55-51+. The lowest BCUT2D eigenvalue weighted by molar-refractivity contribution is -0.143. The van der Waals surface area contributed by atoms with Gasteiger partial charge in [0, 0.05) is 12.8 Å². The van der Waals surface area contributed by atoms with Crippen LogP contribution in [0.1, 0.15) is 303 Å². The number of ether oxygens (including phenoxy) is 1. The van der Waals surface area contributed by atoms with Crippen LogP contribution in [0.15, 0.2) is 60.8 Å². The first-order valence-corrected chi connectivity index (χ1v) is 30.1. The van der Waals surface area contributed by atoms with Gasteiger partial charge in [-0.15, -0.1) is 0 Å². The molecule has 402 valence electrons. The van der Waals surface area contributed by atoms with Crippen LogP contribution < -0.4 is 5.32 Å². The molecular weight excluding hydrogens is 851 g/mol. The van der Waals surface area contributed by atoms with Gasteiger partial charge in [0.15, 0.2) is 0 Å². The predicted molar refractivity (Wildman–Crippen MR) is 301 cm³/mol. The largest absolute Gasteiger partial charge is 0.466 e. The minimum Gasteiger partial charge on any atom is -0.466 e. The van der Waals surface area contributed by atoms with Crippen molar-refractivity contribution in [2.45, 2.75) is 315 Å². The zero-order valence-corrected chi connectivity index (χ0v) is 45.8. The molecule has 0 aromatic carbocycles. The van der Waals surface area contributed by atoms with Crippen molar-refractivity contribution >= 4 is 11.9 Å². The summed E-state index contributed by atoms with van der Waals surface area (Å²) in [6, 6.07) is -0.633. The van der Waals surface area contributed by atoms with Crippen molar-refractivity contribution in [3.05, 3.63) is 60.8 Å². The number of hydrogen-bond acceptors (Lipinski definition) is 5. The van der Waals surface area contributed by atoms with E-state index in [1.807, 2.05) is 6.08 Å². The average Bonchev–Trinajstić information content (AvgIpc) is 3.35. The molecule has 0 saturated heterocycles. The zero-order valence-electron chi connectivity index (χ0n) is 45.8.